The van der Waals surface area contributed by atoms with E-state index in [1.165, 1.54) is 51.4 Å². The smallest absolute Gasteiger partial charge is 1.00 e. The van der Waals surface area contributed by atoms with Crippen LogP contribution in [0.1, 0.15) is 92.3 Å². The first-order valence-corrected chi connectivity index (χ1v) is 10.2. The molecule has 22 heavy (non-hydrogen) atoms. The second-order valence-corrected chi connectivity index (χ2v) is 7.12. The number of phosphoric acid groups is 1. The molecule has 0 fully saturated rings. The molecule has 0 aliphatic carbocycles. The van der Waals surface area contributed by atoms with E-state index >= 15 is 0 Å². The van der Waals surface area contributed by atoms with Crippen molar-refractivity contribution in [2.75, 3.05) is 13.2 Å². The Labute approximate surface area is 161 Å². The minimum atomic E-state index is -3.82. The van der Waals surface area contributed by atoms with Crippen LogP contribution >= 0.6 is 7.82 Å². The van der Waals surface area contributed by atoms with Crippen molar-refractivity contribution < 1.29 is 49.5 Å². The fourth-order valence-electron chi connectivity index (χ4n) is 2.16. The van der Waals surface area contributed by atoms with Crippen molar-refractivity contribution in [2.24, 2.45) is 0 Å². The van der Waals surface area contributed by atoms with Crippen molar-refractivity contribution in [1.29, 1.82) is 0 Å². The molecule has 0 aliphatic heterocycles. The Bertz CT molecular complexity index is 248. The van der Waals surface area contributed by atoms with Crippen LogP contribution in [-0.4, -0.2) is 18.1 Å². The van der Waals surface area contributed by atoms with Gasteiger partial charge in [-0.2, -0.15) is 0 Å². The Hall–Kier alpha value is 1.11. The Morgan fingerprint density at radius 2 is 1.05 bits per heavy atom. The maximum absolute atomic E-state index is 11.6. The molecule has 6 heteroatoms. The summed E-state index contributed by atoms with van der Waals surface area (Å²) < 4.78 is 21.5. The second kappa shape index (κ2) is 18.4. The quantitative estimate of drug-likeness (QED) is 0.265. The number of phosphoric ester groups is 1. The van der Waals surface area contributed by atoms with Crippen LogP contribution in [0, 0.1) is 0 Å². The molecule has 0 unspecified atom stereocenters. The molecule has 130 valence electrons. The van der Waals surface area contributed by atoms with Gasteiger partial charge >= 0.3 is 37.4 Å². The Balaban J connectivity index is -0.00000200. The van der Waals surface area contributed by atoms with Crippen LogP contribution in [0.2, 0.25) is 0 Å². The molecule has 0 radical (unpaired) electrons. The van der Waals surface area contributed by atoms with Crippen LogP contribution in [-0.2, 0) is 13.6 Å². The minimum absolute atomic E-state index is 0. The third-order valence-electron chi connectivity index (χ3n) is 3.50. The standard InChI is InChI=1S/C16H35O4P.Na.H/c1-3-5-7-9-11-13-15-19-21(17,18)20-16-14-12-10-8-6-4-2;;/h3-16H2,1-2H3,(H,17,18);;/q;+1;-1. The maximum Gasteiger partial charge on any atom is 1.00 e. The molecule has 0 bridgehead atoms. The van der Waals surface area contributed by atoms with Crippen molar-refractivity contribution >= 4 is 7.82 Å². The van der Waals surface area contributed by atoms with Gasteiger partial charge in [0.2, 0.25) is 0 Å². The van der Waals surface area contributed by atoms with E-state index < -0.39 is 7.82 Å². The predicted molar refractivity (Wildman–Crippen MR) is 89.6 cm³/mol. The van der Waals surface area contributed by atoms with E-state index in [9.17, 15) is 9.46 Å². The third-order valence-corrected chi connectivity index (χ3v) is 4.52. The van der Waals surface area contributed by atoms with Crippen LogP contribution < -0.4 is 29.6 Å². The first kappa shape index (κ1) is 25.4. The summed E-state index contributed by atoms with van der Waals surface area (Å²) in [6.07, 6.45) is 13.6. The van der Waals surface area contributed by atoms with Crippen LogP contribution in [0.4, 0.5) is 0 Å². The summed E-state index contributed by atoms with van der Waals surface area (Å²) in [7, 11) is -3.82. The van der Waals surface area contributed by atoms with Gasteiger partial charge < -0.3 is 6.32 Å². The van der Waals surface area contributed by atoms with E-state index in [1.54, 1.807) is 0 Å². The number of unbranched alkanes of at least 4 members (excludes halogenated alkanes) is 10. The molecule has 0 aromatic carbocycles. The van der Waals surface area contributed by atoms with Gasteiger partial charge in [-0.1, -0.05) is 78.1 Å². The molecule has 4 nitrogen and oxygen atoms in total. The van der Waals surface area contributed by atoms with Crippen LogP contribution in [0.15, 0.2) is 0 Å². The average molecular weight is 346 g/mol. The van der Waals surface area contributed by atoms with Crippen molar-refractivity contribution in [2.45, 2.75) is 90.9 Å². The molecule has 0 amide bonds. The molecule has 0 saturated heterocycles. The van der Waals surface area contributed by atoms with E-state index in [-0.39, 0.29) is 31.0 Å². The molecule has 0 atom stereocenters. The fraction of sp³-hybridized carbons (Fsp3) is 1.00. The Morgan fingerprint density at radius 3 is 1.41 bits per heavy atom. The van der Waals surface area contributed by atoms with Gasteiger partial charge in [-0.05, 0) is 12.8 Å². The van der Waals surface area contributed by atoms with Gasteiger partial charge in [-0.15, -0.1) is 0 Å². The second-order valence-electron chi connectivity index (χ2n) is 5.67. The topological polar surface area (TPSA) is 55.8 Å². The van der Waals surface area contributed by atoms with Gasteiger partial charge in [0.15, 0.2) is 0 Å². The van der Waals surface area contributed by atoms with Crippen molar-refractivity contribution in [3.8, 4) is 0 Å². The van der Waals surface area contributed by atoms with E-state index in [2.05, 4.69) is 13.8 Å². The summed E-state index contributed by atoms with van der Waals surface area (Å²) in [5.41, 5.74) is 0. The minimum Gasteiger partial charge on any atom is -1.00 e. The predicted octanol–water partition coefficient (Wildman–Crippen LogP) is 2.96. The SMILES string of the molecule is CCCCCCCCOP(=O)(O)OCCCCCCCC.[H-].[Na+]. The molecule has 0 heterocycles. The molecule has 0 rings (SSSR count). The Morgan fingerprint density at radius 1 is 0.727 bits per heavy atom. The Kier molecular flexibility index (Phi) is 21.3. The van der Waals surface area contributed by atoms with E-state index in [0.29, 0.717) is 13.2 Å². The molecular weight excluding hydrogens is 310 g/mol. The summed E-state index contributed by atoms with van der Waals surface area (Å²) in [5, 5.41) is 0. The molecule has 0 aliphatic rings. The summed E-state index contributed by atoms with van der Waals surface area (Å²) in [4.78, 5) is 9.51. The van der Waals surface area contributed by atoms with E-state index in [4.69, 9.17) is 9.05 Å². The van der Waals surface area contributed by atoms with E-state index in [0.717, 1.165) is 25.7 Å². The van der Waals surface area contributed by atoms with Crippen LogP contribution in [0.3, 0.4) is 0 Å². The first-order chi connectivity index (χ1) is 10.1. The number of hydrogen-bond donors (Lipinski definition) is 1. The van der Waals surface area contributed by atoms with Gasteiger partial charge in [-0.3, -0.25) is 9.05 Å². The van der Waals surface area contributed by atoms with Crippen molar-refractivity contribution in [3.63, 3.8) is 0 Å². The van der Waals surface area contributed by atoms with Gasteiger partial charge in [0.1, 0.15) is 0 Å². The summed E-state index contributed by atoms with van der Waals surface area (Å²) in [6, 6.07) is 0. The fourth-order valence-corrected chi connectivity index (χ4v) is 2.96. The van der Waals surface area contributed by atoms with Crippen molar-refractivity contribution in [3.05, 3.63) is 0 Å². The maximum atomic E-state index is 11.6. The molecule has 0 aromatic heterocycles. The van der Waals surface area contributed by atoms with Crippen LogP contribution in [0.5, 0.6) is 0 Å². The normalized spacial score (nSPS) is 11.4. The number of hydrogen-bond acceptors (Lipinski definition) is 3. The molecule has 0 aromatic rings. The molecular formula is C16H36NaO4P. The number of rotatable bonds is 16. The average Bonchev–Trinajstić information content (AvgIpc) is 2.45. The van der Waals surface area contributed by atoms with Gasteiger partial charge in [0.25, 0.3) is 0 Å². The molecule has 1 N–H and O–H groups in total. The van der Waals surface area contributed by atoms with E-state index in [1.807, 2.05) is 0 Å². The largest absolute Gasteiger partial charge is 1.00 e. The summed E-state index contributed by atoms with van der Waals surface area (Å²) in [5.74, 6) is 0. The van der Waals surface area contributed by atoms with Crippen molar-refractivity contribution in [1.82, 2.24) is 0 Å². The van der Waals surface area contributed by atoms with Gasteiger partial charge in [0, 0.05) is 0 Å². The first-order valence-electron chi connectivity index (χ1n) is 8.74. The zero-order valence-corrected chi connectivity index (χ0v) is 17.9. The third kappa shape index (κ3) is 19.2. The van der Waals surface area contributed by atoms with Gasteiger partial charge in [-0.25, -0.2) is 4.57 Å². The molecule has 0 spiro atoms. The molecule has 0 saturated carbocycles. The zero-order chi connectivity index (χ0) is 15.8. The zero-order valence-electron chi connectivity index (χ0n) is 16.0. The van der Waals surface area contributed by atoms with Gasteiger partial charge in [0.05, 0.1) is 13.2 Å². The monoisotopic (exact) mass is 346 g/mol. The summed E-state index contributed by atoms with van der Waals surface area (Å²) >= 11 is 0. The summed E-state index contributed by atoms with van der Waals surface area (Å²) in [6.45, 7) is 5.01. The van der Waals surface area contributed by atoms with Crippen LogP contribution in [0.25, 0.3) is 0 Å².